The van der Waals surface area contributed by atoms with Crippen LogP contribution in [0.3, 0.4) is 0 Å². The van der Waals surface area contributed by atoms with Gasteiger partial charge in [0.05, 0.1) is 20.9 Å². The van der Waals surface area contributed by atoms with E-state index >= 15 is 0 Å². The standard InChI is InChI=1S/C10H17N2O14P3/c1-5-3-12(10(15)11-9(5)14)8-2-6(13)7(24-8)4-23-28(19,20)26-29(21,22)25-27(16,17)18/h3,6-8,13H,2,4H2,1H3,(H,19,20)(H,21,22)(H,11,14,15)(H2,16,17,18)/t6-,7+,8+/m0/s1/i1D3,2D2,3D,4D2,6D,7D,8D,11+1,12+1,13D/hD3. The van der Waals surface area contributed by atoms with E-state index in [4.69, 9.17) is 25.7 Å². The Kier molecular flexibility index (Phi) is 3.14. The zero-order valence-electron chi connectivity index (χ0n) is 28.0. The summed E-state index contributed by atoms with van der Waals surface area (Å²) in [5.74, 6) is 0. The number of rotatable bonds is 11. The number of hydrogen-bond acceptors (Lipinski definition) is 12. The fourth-order valence-corrected chi connectivity index (χ4v) is 4.18. The summed E-state index contributed by atoms with van der Waals surface area (Å²) in [6.45, 7) is -8.35. The van der Waals surface area contributed by atoms with Crippen LogP contribution in [-0.4, -0.2) is 57.2 Å². The average Bonchev–Trinajstić information content (AvgIpc) is 2.96. The number of aromatic nitrogens is 2. The van der Waals surface area contributed by atoms with Crippen molar-refractivity contribution in [2.45, 2.75) is 31.6 Å². The number of ether oxygens (including phenoxy) is 1. The minimum Gasteiger partial charge on any atom is -0.390 e. The summed E-state index contributed by atoms with van der Waals surface area (Å²) in [5, 5.41) is 3.83. The number of phosphoric ester groups is 1. The zero-order valence-corrected chi connectivity index (χ0v) is 15.7. The molecule has 1 aromatic rings. The predicted octanol–water partition coefficient (Wildman–Crippen LogP) is -1.16. The molecular formula is C10H17N2O14P3. The zero-order chi connectivity index (χ0) is 34.9. The fraction of sp³-hybridized carbons (Fsp3) is 0.600. The van der Waals surface area contributed by atoms with Gasteiger partial charge >= 0.3 is 29.2 Å². The van der Waals surface area contributed by atoms with Gasteiger partial charge in [-0.25, -0.2) is 18.5 Å². The SMILES string of the molecule is [2H]O[C@@]1([2H])C([2H])([2H])[C@]([2H])([15n]2c([2H])c(C([2H])([2H])[2H])c(=O)[15n]([2H])c2=O)O[C@]1([2H])C([2H])([2H])OP(=O)(O[2H])OP(=O)(O)OP(=O)(O)O[2H]. The second kappa shape index (κ2) is 8.63. The largest absolute Gasteiger partial charge is 0.490 e. The molecule has 166 valence electrons. The second-order valence-corrected chi connectivity index (χ2v) is 8.71. The number of aromatic amines is 1. The van der Waals surface area contributed by atoms with Crippen LogP contribution in [-0.2, 0) is 31.6 Å². The molecule has 1 aliphatic heterocycles. The average molecular weight is 499 g/mol. The third-order valence-electron chi connectivity index (χ3n) is 2.31. The molecule has 0 aliphatic carbocycles. The van der Waals surface area contributed by atoms with Gasteiger partial charge in [0.25, 0.3) is 5.56 Å². The van der Waals surface area contributed by atoms with Gasteiger partial charge in [-0.15, -0.1) is 0 Å². The second-order valence-electron chi connectivity index (χ2n) is 4.45. The van der Waals surface area contributed by atoms with Crippen LogP contribution < -0.4 is 11.2 Å². The lowest BCUT2D eigenvalue weighted by molar-refractivity contribution is -0.0450. The highest BCUT2D eigenvalue weighted by Crippen LogP contribution is 2.66. The van der Waals surface area contributed by atoms with Gasteiger partial charge in [-0.05, 0) is 6.85 Å². The van der Waals surface area contributed by atoms with Crippen molar-refractivity contribution >= 4 is 23.5 Å². The maximum Gasteiger partial charge on any atom is 0.490 e. The molecule has 16 nitrogen and oxygen atoms in total. The van der Waals surface area contributed by atoms with Crippen molar-refractivity contribution in [2.75, 3.05) is 6.56 Å². The summed E-state index contributed by atoms with van der Waals surface area (Å²) in [6.07, 6.45) is -19.6. The number of phosphoric acid groups is 3. The van der Waals surface area contributed by atoms with E-state index in [0.717, 1.165) is 0 Å². The van der Waals surface area contributed by atoms with E-state index in [-0.39, 0.29) is 0 Å². The molecule has 0 amide bonds. The molecule has 1 aliphatic rings. The molecule has 1 fully saturated rings. The Hall–Kier alpha value is -0.990. The third-order valence-corrected chi connectivity index (χ3v) is 5.91. The van der Waals surface area contributed by atoms with Gasteiger partial charge in [0.2, 0.25) is 4.29 Å². The Labute approximate surface area is 182 Å². The van der Waals surface area contributed by atoms with E-state index in [2.05, 4.69) is 32.8 Å². The Morgan fingerprint density at radius 1 is 1.48 bits per heavy atom. The van der Waals surface area contributed by atoms with Crippen molar-refractivity contribution < 1.29 is 72.8 Å². The maximum absolute atomic E-state index is 12.8. The molecular weight excluding hydrogens is 467 g/mol. The van der Waals surface area contributed by atoms with Crippen molar-refractivity contribution in [1.29, 1.82) is 4.29 Å². The first-order valence-corrected chi connectivity index (χ1v) is 10.8. The van der Waals surface area contributed by atoms with Crippen LogP contribution in [0.15, 0.2) is 15.8 Å². The van der Waals surface area contributed by atoms with Gasteiger partial charge in [0.1, 0.15) is 12.3 Å². The molecule has 0 saturated carbocycles. The third kappa shape index (κ3) is 7.03. The fourth-order valence-electron chi connectivity index (χ4n) is 1.41. The van der Waals surface area contributed by atoms with Gasteiger partial charge in [0, 0.05) is 25.0 Å². The normalized spacial score (nSPS) is 46.1. The van der Waals surface area contributed by atoms with Crippen molar-refractivity contribution in [3.63, 3.8) is 0 Å². The summed E-state index contributed by atoms with van der Waals surface area (Å²) in [6, 6.07) is 0. The van der Waals surface area contributed by atoms with E-state index in [1.165, 1.54) is 0 Å². The quantitative estimate of drug-likeness (QED) is 0.197. The van der Waals surface area contributed by atoms with E-state index < -0.39 is 94.1 Å². The number of nitrogens with zero attached hydrogens (tertiary/aromatic N) is 1. The van der Waals surface area contributed by atoms with Crippen molar-refractivity contribution in [2.24, 2.45) is 0 Å². The maximum atomic E-state index is 12.8. The minimum absolute atomic E-state index is 0.746. The van der Waals surface area contributed by atoms with E-state index in [1.807, 2.05) is 0 Å². The van der Waals surface area contributed by atoms with Gasteiger partial charge in [-0.3, -0.25) is 18.9 Å². The number of nitrogens with one attached hydrogen (secondary N) is 1. The molecule has 2 rings (SSSR count). The molecule has 6 N–H and O–H groups in total. The molecule has 19 heteroatoms. The Balaban J connectivity index is 2.85. The van der Waals surface area contributed by atoms with Gasteiger partial charge in [0.15, 0.2) is 1.41 Å². The lowest BCUT2D eigenvalue weighted by Gasteiger charge is -2.19. The summed E-state index contributed by atoms with van der Waals surface area (Å²) >= 11 is 0. The van der Waals surface area contributed by atoms with Gasteiger partial charge < -0.3 is 29.4 Å². The molecule has 1 aromatic heterocycles. The summed E-state index contributed by atoms with van der Waals surface area (Å²) in [7, 11) is -18.6. The highest BCUT2D eigenvalue weighted by atomic mass is 31.3. The minimum atomic E-state index is -6.46. The van der Waals surface area contributed by atoms with Crippen molar-refractivity contribution in [3.05, 3.63) is 32.6 Å². The molecule has 0 bridgehead atoms. The molecule has 0 spiro atoms. The van der Waals surface area contributed by atoms with Crippen molar-refractivity contribution in [1.82, 2.24) is 9.54 Å². The predicted molar refractivity (Wildman–Crippen MR) is 90.4 cm³/mol. The molecule has 0 aromatic carbocycles. The van der Waals surface area contributed by atoms with E-state index in [1.54, 1.807) is 0 Å². The van der Waals surface area contributed by atoms with Crippen LogP contribution in [0.2, 0.25) is 1.41 Å². The molecule has 3 unspecified atom stereocenters. The van der Waals surface area contributed by atoms with Crippen LogP contribution in [0.4, 0.5) is 0 Å². The first kappa shape index (κ1) is 10.6. The summed E-state index contributed by atoms with van der Waals surface area (Å²) in [4.78, 5) is 49.2. The highest BCUT2D eigenvalue weighted by Gasteiger charge is 2.42. The molecule has 1 saturated heterocycles. The first-order chi connectivity index (χ1) is 19.4. The van der Waals surface area contributed by atoms with Gasteiger partial charge in [-0.1, -0.05) is 0 Å². The highest BCUT2D eigenvalue weighted by molar-refractivity contribution is 7.66. The first-order valence-electron chi connectivity index (χ1n) is 13.5. The molecule has 0 radical (unpaired) electrons. The van der Waals surface area contributed by atoms with Gasteiger partial charge in [-0.2, -0.15) is 8.62 Å². The Bertz CT molecular complexity index is 1580. The molecule has 2 heterocycles. The Morgan fingerprint density at radius 2 is 2.24 bits per heavy atom. The van der Waals surface area contributed by atoms with Crippen LogP contribution in [0, 0.1) is 6.85 Å². The van der Waals surface area contributed by atoms with Crippen LogP contribution in [0.25, 0.3) is 0 Å². The molecule has 6 atom stereocenters. The number of aliphatic hydroxyl groups is 1. The molecule has 29 heavy (non-hydrogen) atoms. The van der Waals surface area contributed by atoms with Crippen LogP contribution in [0.1, 0.15) is 33.2 Å². The topological polar surface area (TPSA) is 244 Å². The van der Waals surface area contributed by atoms with Crippen molar-refractivity contribution in [3.8, 4) is 0 Å². The van der Waals surface area contributed by atoms with Crippen LogP contribution >= 0.6 is 23.5 Å². The number of hydrogen-bond donors (Lipinski definition) is 6. The van der Waals surface area contributed by atoms with E-state index in [0.29, 0.717) is 0 Å². The Morgan fingerprint density at radius 3 is 2.86 bits per heavy atom. The van der Waals surface area contributed by atoms with E-state index in [9.17, 15) is 28.2 Å². The summed E-state index contributed by atoms with van der Waals surface area (Å²) < 4.78 is 167. The lowest BCUT2D eigenvalue weighted by Crippen LogP contribution is -2.33. The monoisotopic (exact) mass is 499 g/mol. The smallest absolute Gasteiger partial charge is 0.390 e. The van der Waals surface area contributed by atoms with Crippen LogP contribution in [0.5, 0.6) is 0 Å². The number of H-pyrrole nitrogens is 1. The lowest BCUT2D eigenvalue weighted by atomic mass is 10.2. The summed E-state index contributed by atoms with van der Waals surface area (Å²) in [5.41, 5.74) is -5.95.